The van der Waals surface area contributed by atoms with Crippen LogP contribution in [-0.4, -0.2) is 25.3 Å². The first-order valence-electron chi connectivity index (χ1n) is 8.57. The van der Waals surface area contributed by atoms with Crippen LogP contribution in [0, 0.1) is 11.8 Å². The fourth-order valence-corrected chi connectivity index (χ4v) is 3.59. The topological polar surface area (TPSA) is 21.3 Å². The van der Waals surface area contributed by atoms with Gasteiger partial charge in [-0.15, -0.1) is 0 Å². The molecular weight excluding hydrogens is 234 g/mol. The van der Waals surface area contributed by atoms with E-state index in [1.54, 1.807) is 0 Å². The van der Waals surface area contributed by atoms with Crippen molar-refractivity contribution in [1.82, 2.24) is 5.32 Å². The zero-order valence-electron chi connectivity index (χ0n) is 13.6. The molecule has 0 aliphatic heterocycles. The standard InChI is InChI=1S/C17H35NO/c1-5-9-16(19-7-3)17(18-12-6-2)15-11-8-10-14(4)13-15/h14-18H,5-13H2,1-4H3. The predicted molar refractivity (Wildman–Crippen MR) is 83.5 cm³/mol. The van der Waals surface area contributed by atoms with E-state index < -0.39 is 0 Å². The summed E-state index contributed by atoms with van der Waals surface area (Å²) in [5.41, 5.74) is 0. The molecule has 1 fully saturated rings. The highest BCUT2D eigenvalue weighted by atomic mass is 16.5. The van der Waals surface area contributed by atoms with E-state index in [1.807, 2.05) is 0 Å². The Morgan fingerprint density at radius 2 is 1.95 bits per heavy atom. The van der Waals surface area contributed by atoms with E-state index in [-0.39, 0.29) is 0 Å². The molecule has 0 spiro atoms. The van der Waals surface area contributed by atoms with Crippen molar-refractivity contribution < 1.29 is 4.74 Å². The highest BCUT2D eigenvalue weighted by Crippen LogP contribution is 2.33. The maximum absolute atomic E-state index is 6.07. The second-order valence-electron chi connectivity index (χ2n) is 6.29. The summed E-state index contributed by atoms with van der Waals surface area (Å²) in [4.78, 5) is 0. The molecule has 0 radical (unpaired) electrons. The van der Waals surface area contributed by atoms with Gasteiger partial charge in [-0.05, 0) is 51.0 Å². The van der Waals surface area contributed by atoms with Crippen LogP contribution in [0.15, 0.2) is 0 Å². The molecule has 0 bridgehead atoms. The monoisotopic (exact) mass is 269 g/mol. The fraction of sp³-hybridized carbons (Fsp3) is 1.00. The minimum atomic E-state index is 0.414. The van der Waals surface area contributed by atoms with E-state index in [1.165, 1.54) is 44.9 Å². The van der Waals surface area contributed by atoms with E-state index >= 15 is 0 Å². The minimum Gasteiger partial charge on any atom is -0.377 e. The molecule has 1 saturated carbocycles. The summed E-state index contributed by atoms with van der Waals surface area (Å²) in [6, 6.07) is 0.572. The van der Waals surface area contributed by atoms with Gasteiger partial charge in [0.05, 0.1) is 6.10 Å². The van der Waals surface area contributed by atoms with Gasteiger partial charge in [0, 0.05) is 12.6 Å². The number of hydrogen-bond donors (Lipinski definition) is 1. The van der Waals surface area contributed by atoms with Crippen LogP contribution in [0.2, 0.25) is 0 Å². The fourth-order valence-electron chi connectivity index (χ4n) is 3.59. The van der Waals surface area contributed by atoms with Crippen molar-refractivity contribution in [2.24, 2.45) is 11.8 Å². The van der Waals surface area contributed by atoms with Gasteiger partial charge >= 0.3 is 0 Å². The van der Waals surface area contributed by atoms with Crippen molar-refractivity contribution in [2.75, 3.05) is 13.2 Å². The van der Waals surface area contributed by atoms with Gasteiger partial charge in [-0.25, -0.2) is 0 Å². The van der Waals surface area contributed by atoms with Crippen molar-refractivity contribution in [1.29, 1.82) is 0 Å². The van der Waals surface area contributed by atoms with Crippen molar-refractivity contribution in [3.8, 4) is 0 Å². The molecule has 1 rings (SSSR count). The second-order valence-corrected chi connectivity index (χ2v) is 6.29. The van der Waals surface area contributed by atoms with Gasteiger partial charge in [-0.3, -0.25) is 0 Å². The first kappa shape index (κ1) is 17.0. The van der Waals surface area contributed by atoms with Crippen molar-refractivity contribution in [2.45, 2.75) is 84.8 Å². The molecule has 1 aliphatic carbocycles. The highest BCUT2D eigenvalue weighted by molar-refractivity contribution is 4.87. The van der Waals surface area contributed by atoms with Gasteiger partial charge in [-0.2, -0.15) is 0 Å². The van der Waals surface area contributed by atoms with Crippen LogP contribution < -0.4 is 5.32 Å². The maximum atomic E-state index is 6.07. The van der Waals surface area contributed by atoms with E-state index in [4.69, 9.17) is 4.74 Å². The van der Waals surface area contributed by atoms with E-state index in [0.717, 1.165) is 25.0 Å². The molecule has 1 aliphatic rings. The third kappa shape index (κ3) is 5.83. The number of rotatable bonds is 9. The molecular formula is C17H35NO. The van der Waals surface area contributed by atoms with Gasteiger partial charge in [-0.1, -0.05) is 40.0 Å². The quantitative estimate of drug-likeness (QED) is 0.670. The van der Waals surface area contributed by atoms with Crippen LogP contribution in [0.3, 0.4) is 0 Å². The maximum Gasteiger partial charge on any atom is 0.0730 e. The van der Waals surface area contributed by atoms with Gasteiger partial charge in [0.2, 0.25) is 0 Å². The first-order valence-corrected chi connectivity index (χ1v) is 8.57. The highest BCUT2D eigenvalue weighted by Gasteiger charge is 2.31. The van der Waals surface area contributed by atoms with Gasteiger partial charge in [0.15, 0.2) is 0 Å². The smallest absolute Gasteiger partial charge is 0.0730 e. The van der Waals surface area contributed by atoms with E-state index in [0.29, 0.717) is 12.1 Å². The molecule has 4 atom stereocenters. The average Bonchev–Trinajstić information content (AvgIpc) is 2.40. The molecule has 114 valence electrons. The Morgan fingerprint density at radius 3 is 2.53 bits per heavy atom. The normalized spacial score (nSPS) is 27.2. The van der Waals surface area contributed by atoms with E-state index in [2.05, 4.69) is 33.0 Å². The summed E-state index contributed by atoms with van der Waals surface area (Å²) in [5, 5.41) is 3.80. The van der Waals surface area contributed by atoms with Crippen LogP contribution in [0.1, 0.15) is 72.6 Å². The molecule has 0 saturated heterocycles. The Kier molecular flexibility index (Phi) is 8.72. The Balaban J connectivity index is 2.66. The third-order valence-electron chi connectivity index (χ3n) is 4.47. The molecule has 2 heteroatoms. The molecule has 0 aromatic heterocycles. The lowest BCUT2D eigenvalue weighted by molar-refractivity contribution is 0.00275. The Bertz CT molecular complexity index is 209. The predicted octanol–water partition coefficient (Wildman–Crippen LogP) is 4.39. The number of hydrogen-bond acceptors (Lipinski definition) is 2. The SMILES string of the molecule is CCCNC(C1CCCC(C)C1)C(CCC)OCC. The number of nitrogens with one attached hydrogen (secondary N) is 1. The second kappa shape index (κ2) is 9.77. The lowest BCUT2D eigenvalue weighted by atomic mass is 9.76. The summed E-state index contributed by atoms with van der Waals surface area (Å²) < 4.78 is 6.07. The minimum absolute atomic E-state index is 0.414. The molecule has 19 heavy (non-hydrogen) atoms. The Morgan fingerprint density at radius 1 is 1.16 bits per heavy atom. The zero-order valence-corrected chi connectivity index (χ0v) is 13.6. The summed E-state index contributed by atoms with van der Waals surface area (Å²) in [5.74, 6) is 1.71. The zero-order chi connectivity index (χ0) is 14.1. The molecule has 0 amide bonds. The summed E-state index contributed by atoms with van der Waals surface area (Å²) in [7, 11) is 0. The average molecular weight is 269 g/mol. The van der Waals surface area contributed by atoms with Gasteiger partial charge in [0.25, 0.3) is 0 Å². The molecule has 0 aromatic rings. The molecule has 4 unspecified atom stereocenters. The third-order valence-corrected chi connectivity index (χ3v) is 4.47. The molecule has 1 N–H and O–H groups in total. The summed E-state index contributed by atoms with van der Waals surface area (Å²) in [6.07, 6.45) is 9.64. The van der Waals surface area contributed by atoms with Crippen LogP contribution in [0.4, 0.5) is 0 Å². The molecule has 0 aromatic carbocycles. The van der Waals surface area contributed by atoms with E-state index in [9.17, 15) is 0 Å². The van der Waals surface area contributed by atoms with Crippen molar-refractivity contribution in [3.05, 3.63) is 0 Å². The largest absolute Gasteiger partial charge is 0.377 e. The molecule has 0 heterocycles. The Labute approximate surface area is 120 Å². The van der Waals surface area contributed by atoms with Crippen molar-refractivity contribution in [3.63, 3.8) is 0 Å². The first-order chi connectivity index (χ1) is 9.22. The number of ether oxygens (including phenoxy) is 1. The lowest BCUT2D eigenvalue weighted by Crippen LogP contribution is -2.48. The van der Waals surface area contributed by atoms with Crippen molar-refractivity contribution >= 4 is 0 Å². The molecule has 2 nitrogen and oxygen atoms in total. The van der Waals surface area contributed by atoms with Gasteiger partial charge < -0.3 is 10.1 Å². The van der Waals surface area contributed by atoms with Gasteiger partial charge in [0.1, 0.15) is 0 Å². The summed E-state index contributed by atoms with van der Waals surface area (Å²) >= 11 is 0. The van der Waals surface area contributed by atoms with Crippen LogP contribution in [0.25, 0.3) is 0 Å². The van der Waals surface area contributed by atoms with Crippen LogP contribution in [-0.2, 0) is 4.74 Å². The summed E-state index contributed by atoms with van der Waals surface area (Å²) in [6.45, 7) is 11.0. The Hall–Kier alpha value is -0.0800. The lowest BCUT2D eigenvalue weighted by Gasteiger charge is -2.38. The van der Waals surface area contributed by atoms with Crippen LogP contribution in [0.5, 0.6) is 0 Å². The van der Waals surface area contributed by atoms with Crippen LogP contribution >= 0.6 is 0 Å².